The van der Waals surface area contributed by atoms with E-state index in [4.69, 9.17) is 16.3 Å². The van der Waals surface area contributed by atoms with Crippen LogP contribution in [-0.2, 0) is 4.79 Å². The first-order valence-corrected chi connectivity index (χ1v) is 8.62. The number of para-hydroxylation sites is 1. The summed E-state index contributed by atoms with van der Waals surface area (Å²) in [4.78, 5) is 23.6. The minimum absolute atomic E-state index is 0.150. The molecule has 0 aliphatic heterocycles. The van der Waals surface area contributed by atoms with Crippen LogP contribution in [0.5, 0.6) is 5.75 Å². The van der Waals surface area contributed by atoms with Crippen molar-refractivity contribution in [2.45, 2.75) is 12.8 Å². The van der Waals surface area contributed by atoms with Crippen LogP contribution in [0.25, 0.3) is 0 Å². The Morgan fingerprint density at radius 3 is 2.46 bits per heavy atom. The standard InChI is InChI=1S/C19H20ClFN2O3/c20-15-9-7-14(8-10-15)19(25)23-11-3-6-18(24)22-12-13-26-17-5-2-1-4-16(17)21/h1-2,4-5,7-10H,3,6,11-13H2,(H,22,24)(H,23,25). The Labute approximate surface area is 156 Å². The number of nitrogens with one attached hydrogen (secondary N) is 2. The van der Waals surface area contributed by atoms with E-state index in [1.165, 1.54) is 12.1 Å². The van der Waals surface area contributed by atoms with E-state index < -0.39 is 5.82 Å². The average Bonchev–Trinajstić information content (AvgIpc) is 2.64. The molecule has 2 N–H and O–H groups in total. The van der Waals surface area contributed by atoms with E-state index in [0.29, 0.717) is 23.6 Å². The summed E-state index contributed by atoms with van der Waals surface area (Å²) in [5.74, 6) is -0.634. The van der Waals surface area contributed by atoms with Crippen LogP contribution >= 0.6 is 11.6 Å². The Kier molecular flexibility index (Phi) is 7.89. The molecule has 0 aliphatic rings. The van der Waals surface area contributed by atoms with Gasteiger partial charge in [0, 0.05) is 23.6 Å². The summed E-state index contributed by atoms with van der Waals surface area (Å²) < 4.78 is 18.6. The smallest absolute Gasteiger partial charge is 0.251 e. The second kappa shape index (κ2) is 10.4. The zero-order valence-electron chi connectivity index (χ0n) is 14.1. The van der Waals surface area contributed by atoms with Gasteiger partial charge in [-0.3, -0.25) is 9.59 Å². The molecule has 0 heterocycles. The second-order valence-corrected chi connectivity index (χ2v) is 5.93. The minimum Gasteiger partial charge on any atom is -0.489 e. The maximum atomic E-state index is 13.3. The normalized spacial score (nSPS) is 10.2. The van der Waals surface area contributed by atoms with Gasteiger partial charge < -0.3 is 15.4 Å². The third-order valence-electron chi connectivity index (χ3n) is 3.49. The van der Waals surface area contributed by atoms with Crippen molar-refractivity contribution in [2.24, 2.45) is 0 Å². The summed E-state index contributed by atoms with van der Waals surface area (Å²) in [6.07, 6.45) is 0.792. The molecule has 26 heavy (non-hydrogen) atoms. The summed E-state index contributed by atoms with van der Waals surface area (Å²) in [7, 11) is 0. The zero-order valence-corrected chi connectivity index (χ0v) is 14.9. The molecule has 2 aromatic carbocycles. The van der Waals surface area contributed by atoms with Gasteiger partial charge in [0.05, 0.1) is 6.54 Å². The quantitative estimate of drug-likeness (QED) is 0.658. The molecule has 0 saturated carbocycles. The van der Waals surface area contributed by atoms with Crippen LogP contribution < -0.4 is 15.4 Å². The number of amides is 2. The Balaban J connectivity index is 1.55. The molecule has 5 nitrogen and oxygen atoms in total. The number of hydrogen-bond acceptors (Lipinski definition) is 3. The number of ether oxygens (including phenoxy) is 1. The van der Waals surface area contributed by atoms with Gasteiger partial charge in [0.1, 0.15) is 6.61 Å². The van der Waals surface area contributed by atoms with Gasteiger partial charge in [-0.05, 0) is 42.8 Å². The van der Waals surface area contributed by atoms with Crippen molar-refractivity contribution in [3.05, 3.63) is 64.9 Å². The number of carbonyl (C=O) groups is 2. The number of hydrogen-bond donors (Lipinski definition) is 2. The summed E-state index contributed by atoms with van der Waals surface area (Å²) in [6.45, 7) is 0.852. The molecular weight excluding hydrogens is 359 g/mol. The number of halogens is 2. The third kappa shape index (κ3) is 6.72. The fourth-order valence-electron chi connectivity index (χ4n) is 2.16. The van der Waals surface area contributed by atoms with Crippen molar-refractivity contribution >= 4 is 23.4 Å². The van der Waals surface area contributed by atoms with E-state index >= 15 is 0 Å². The molecule has 0 atom stereocenters. The van der Waals surface area contributed by atoms with Crippen molar-refractivity contribution in [2.75, 3.05) is 19.7 Å². The second-order valence-electron chi connectivity index (χ2n) is 5.50. The molecule has 0 spiro atoms. The van der Waals surface area contributed by atoms with Gasteiger partial charge in [0.15, 0.2) is 11.6 Å². The van der Waals surface area contributed by atoms with Crippen LogP contribution in [0, 0.1) is 5.82 Å². The first-order valence-electron chi connectivity index (χ1n) is 8.24. The van der Waals surface area contributed by atoms with Crippen molar-refractivity contribution < 1.29 is 18.7 Å². The van der Waals surface area contributed by atoms with Crippen LogP contribution in [0.3, 0.4) is 0 Å². The van der Waals surface area contributed by atoms with E-state index in [1.807, 2.05) is 0 Å². The minimum atomic E-state index is -0.435. The van der Waals surface area contributed by atoms with Crippen molar-refractivity contribution in [1.82, 2.24) is 10.6 Å². The van der Waals surface area contributed by atoms with E-state index in [2.05, 4.69) is 10.6 Å². The lowest BCUT2D eigenvalue weighted by atomic mass is 10.2. The first-order chi connectivity index (χ1) is 12.6. The SMILES string of the molecule is O=C(CCCNC(=O)c1ccc(Cl)cc1)NCCOc1ccccc1F. The highest BCUT2D eigenvalue weighted by molar-refractivity contribution is 6.30. The summed E-state index contributed by atoms with van der Waals surface area (Å²) in [5.41, 5.74) is 0.518. The van der Waals surface area contributed by atoms with Crippen LogP contribution in [0.15, 0.2) is 48.5 Å². The molecule has 2 aromatic rings. The molecule has 2 amide bonds. The first kappa shape index (κ1) is 19.7. The number of rotatable bonds is 9. The van der Waals surface area contributed by atoms with E-state index in [9.17, 15) is 14.0 Å². The summed E-state index contributed by atoms with van der Waals surface area (Å²) >= 11 is 5.77. The van der Waals surface area contributed by atoms with Crippen LogP contribution in [-0.4, -0.2) is 31.5 Å². The molecule has 7 heteroatoms. The van der Waals surface area contributed by atoms with Crippen molar-refractivity contribution in [1.29, 1.82) is 0 Å². The lowest BCUT2D eigenvalue weighted by Gasteiger charge is -2.09. The highest BCUT2D eigenvalue weighted by Crippen LogP contribution is 2.14. The fourth-order valence-corrected chi connectivity index (χ4v) is 2.28. The highest BCUT2D eigenvalue weighted by Gasteiger charge is 2.06. The maximum absolute atomic E-state index is 13.3. The molecule has 0 fully saturated rings. The Hall–Kier alpha value is -2.60. The van der Waals surface area contributed by atoms with E-state index in [1.54, 1.807) is 36.4 Å². The van der Waals surface area contributed by atoms with Gasteiger partial charge in [0.25, 0.3) is 5.91 Å². The molecule has 138 valence electrons. The predicted molar refractivity (Wildman–Crippen MR) is 97.9 cm³/mol. The van der Waals surface area contributed by atoms with Gasteiger partial charge in [-0.25, -0.2) is 4.39 Å². The van der Waals surface area contributed by atoms with E-state index in [-0.39, 0.29) is 37.1 Å². The predicted octanol–water partition coefficient (Wildman–Crippen LogP) is 3.18. The molecule has 2 rings (SSSR count). The van der Waals surface area contributed by atoms with Gasteiger partial charge in [-0.1, -0.05) is 23.7 Å². The third-order valence-corrected chi connectivity index (χ3v) is 3.74. The molecule has 0 aromatic heterocycles. The maximum Gasteiger partial charge on any atom is 0.251 e. The Morgan fingerprint density at radius 2 is 1.73 bits per heavy atom. The average molecular weight is 379 g/mol. The van der Waals surface area contributed by atoms with Crippen LogP contribution in [0.2, 0.25) is 5.02 Å². The van der Waals surface area contributed by atoms with E-state index in [0.717, 1.165) is 0 Å². The number of benzene rings is 2. The molecule has 0 aliphatic carbocycles. The Morgan fingerprint density at radius 1 is 1.00 bits per heavy atom. The van der Waals surface area contributed by atoms with Crippen LogP contribution in [0.4, 0.5) is 4.39 Å². The van der Waals surface area contributed by atoms with Gasteiger partial charge in [-0.15, -0.1) is 0 Å². The summed E-state index contributed by atoms with van der Waals surface area (Å²) in [5, 5.41) is 5.99. The van der Waals surface area contributed by atoms with Crippen molar-refractivity contribution in [3.8, 4) is 5.75 Å². The molecule has 0 bridgehead atoms. The number of carbonyl (C=O) groups excluding carboxylic acids is 2. The fraction of sp³-hybridized carbons (Fsp3) is 0.263. The molecule has 0 unspecified atom stereocenters. The Bertz CT molecular complexity index is 738. The van der Waals surface area contributed by atoms with Crippen LogP contribution in [0.1, 0.15) is 23.2 Å². The largest absolute Gasteiger partial charge is 0.489 e. The lowest BCUT2D eigenvalue weighted by Crippen LogP contribution is -2.30. The molecule has 0 radical (unpaired) electrons. The highest BCUT2D eigenvalue weighted by atomic mass is 35.5. The molecule has 0 saturated heterocycles. The zero-order chi connectivity index (χ0) is 18.8. The summed E-state index contributed by atoms with van der Waals surface area (Å²) in [6, 6.07) is 12.7. The topological polar surface area (TPSA) is 67.4 Å². The van der Waals surface area contributed by atoms with Gasteiger partial charge in [0.2, 0.25) is 5.91 Å². The molecular formula is C19H20ClFN2O3. The van der Waals surface area contributed by atoms with Gasteiger partial charge in [-0.2, -0.15) is 0 Å². The monoisotopic (exact) mass is 378 g/mol. The van der Waals surface area contributed by atoms with Crippen molar-refractivity contribution in [3.63, 3.8) is 0 Å². The lowest BCUT2D eigenvalue weighted by molar-refractivity contribution is -0.121. The van der Waals surface area contributed by atoms with Gasteiger partial charge >= 0.3 is 0 Å².